The van der Waals surface area contributed by atoms with Gasteiger partial charge in [-0.2, -0.15) is 0 Å². The highest BCUT2D eigenvalue weighted by molar-refractivity contribution is 6.83. The molecule has 0 bridgehead atoms. The van der Waals surface area contributed by atoms with Crippen molar-refractivity contribution in [2.45, 2.75) is 25.6 Å². The van der Waals surface area contributed by atoms with Crippen molar-refractivity contribution in [3.8, 4) is 0 Å². The van der Waals surface area contributed by atoms with Gasteiger partial charge in [-0.05, 0) is 30.8 Å². The molecule has 0 aliphatic carbocycles. The minimum atomic E-state index is -2.14. The molecule has 0 aromatic heterocycles. The summed E-state index contributed by atoms with van der Waals surface area (Å²) in [6.45, 7) is 6.75. The van der Waals surface area contributed by atoms with Gasteiger partial charge in [0, 0.05) is 0 Å². The van der Waals surface area contributed by atoms with Crippen LogP contribution in [0.4, 0.5) is 0 Å². The van der Waals surface area contributed by atoms with Gasteiger partial charge in [-0.1, -0.05) is 24.3 Å². The van der Waals surface area contributed by atoms with E-state index in [-0.39, 0.29) is 5.60 Å². The number of benzene rings is 1. The van der Waals surface area contributed by atoms with Gasteiger partial charge in [-0.15, -0.1) is 0 Å². The predicted octanol–water partition coefficient (Wildman–Crippen LogP) is 1.34. The third-order valence-electron chi connectivity index (χ3n) is 2.78. The van der Waals surface area contributed by atoms with E-state index >= 15 is 0 Å². The molecule has 1 atom stereocenters. The van der Waals surface area contributed by atoms with E-state index in [1.165, 1.54) is 5.56 Å². The molecule has 1 unspecified atom stereocenters. The second kappa shape index (κ2) is 2.92. The van der Waals surface area contributed by atoms with E-state index in [1.54, 1.807) is 0 Å². The van der Waals surface area contributed by atoms with Gasteiger partial charge >= 0.3 is 0 Å². The van der Waals surface area contributed by atoms with Crippen molar-refractivity contribution >= 4 is 13.5 Å². The second-order valence-electron chi connectivity index (χ2n) is 4.66. The fourth-order valence-electron chi connectivity index (χ4n) is 1.51. The molecule has 2 rings (SSSR count). The molecule has 1 aliphatic heterocycles. The zero-order chi connectivity index (χ0) is 10.4. The molecule has 0 spiro atoms. The summed E-state index contributed by atoms with van der Waals surface area (Å²) in [6.07, 6.45) is 0. The Morgan fingerprint density at radius 3 is 2.14 bits per heavy atom. The van der Waals surface area contributed by atoms with Crippen LogP contribution >= 0.6 is 0 Å². The van der Waals surface area contributed by atoms with E-state index in [0.29, 0.717) is 0 Å². The van der Waals surface area contributed by atoms with E-state index in [2.05, 4.69) is 19.1 Å². The third kappa shape index (κ3) is 1.75. The predicted molar refractivity (Wildman–Crippen MR) is 59.1 cm³/mol. The molecule has 0 saturated carbocycles. The maximum atomic E-state index is 9.91. The van der Waals surface area contributed by atoms with Crippen LogP contribution in [0.5, 0.6) is 0 Å². The lowest BCUT2D eigenvalue weighted by Crippen LogP contribution is -2.41. The van der Waals surface area contributed by atoms with Crippen LogP contribution in [0.15, 0.2) is 24.3 Å². The number of hydrogen-bond donors (Lipinski definition) is 1. The van der Waals surface area contributed by atoms with Crippen LogP contribution in [0.25, 0.3) is 0 Å². The van der Waals surface area contributed by atoms with Crippen molar-refractivity contribution < 1.29 is 9.53 Å². The fourth-order valence-corrected chi connectivity index (χ4v) is 2.49. The molecular weight excluding hydrogens is 192 g/mol. The molecule has 1 fully saturated rings. The summed E-state index contributed by atoms with van der Waals surface area (Å²) in [5.41, 5.74) is 1.15. The molecule has 0 radical (unpaired) electrons. The zero-order valence-electron chi connectivity index (χ0n) is 8.87. The van der Waals surface area contributed by atoms with Crippen LogP contribution in [0.2, 0.25) is 13.1 Å². The standard InChI is InChI=1S/C11H16O2Si/c1-11(8-13-11)9-4-6-10(7-5-9)14(2,3)12/h4-7,12H,8H2,1-3H3. The van der Waals surface area contributed by atoms with Crippen molar-refractivity contribution in [3.63, 3.8) is 0 Å². The smallest absolute Gasteiger partial charge is 0.213 e. The van der Waals surface area contributed by atoms with Crippen molar-refractivity contribution in [1.82, 2.24) is 0 Å². The van der Waals surface area contributed by atoms with E-state index < -0.39 is 8.32 Å². The Morgan fingerprint density at radius 1 is 1.29 bits per heavy atom. The lowest BCUT2D eigenvalue weighted by molar-refractivity contribution is 0.329. The van der Waals surface area contributed by atoms with E-state index in [0.717, 1.165) is 11.8 Å². The van der Waals surface area contributed by atoms with Gasteiger partial charge in [0.05, 0.1) is 6.61 Å². The van der Waals surface area contributed by atoms with Crippen LogP contribution in [0, 0.1) is 0 Å². The highest BCUT2D eigenvalue weighted by Crippen LogP contribution is 2.37. The first kappa shape index (κ1) is 9.89. The highest BCUT2D eigenvalue weighted by atomic mass is 28.4. The SMILES string of the molecule is CC1(c2ccc([Si](C)(C)O)cc2)CO1. The van der Waals surface area contributed by atoms with Crippen molar-refractivity contribution in [1.29, 1.82) is 0 Å². The van der Waals surface area contributed by atoms with Gasteiger partial charge in [0.2, 0.25) is 8.32 Å². The summed E-state index contributed by atoms with van der Waals surface area (Å²) in [7, 11) is -2.14. The monoisotopic (exact) mass is 208 g/mol. The van der Waals surface area contributed by atoms with Gasteiger partial charge in [0.25, 0.3) is 0 Å². The van der Waals surface area contributed by atoms with E-state index in [1.807, 2.05) is 25.2 Å². The Kier molecular flexibility index (Phi) is 2.06. The van der Waals surface area contributed by atoms with E-state index in [4.69, 9.17) is 4.74 Å². The van der Waals surface area contributed by atoms with Crippen LogP contribution in [0.3, 0.4) is 0 Å². The molecule has 2 nitrogen and oxygen atoms in total. The quantitative estimate of drug-likeness (QED) is 0.587. The summed E-state index contributed by atoms with van der Waals surface area (Å²) >= 11 is 0. The van der Waals surface area contributed by atoms with Crippen molar-refractivity contribution in [2.24, 2.45) is 0 Å². The van der Waals surface area contributed by atoms with Crippen LogP contribution < -0.4 is 5.19 Å². The van der Waals surface area contributed by atoms with Crippen LogP contribution in [-0.4, -0.2) is 19.7 Å². The average molecular weight is 208 g/mol. The molecule has 0 amide bonds. The van der Waals surface area contributed by atoms with Gasteiger partial charge in [0.15, 0.2) is 0 Å². The number of rotatable bonds is 2. The normalized spacial score (nSPS) is 26.3. The lowest BCUT2D eigenvalue weighted by Gasteiger charge is -2.15. The Morgan fingerprint density at radius 2 is 1.79 bits per heavy atom. The van der Waals surface area contributed by atoms with Gasteiger partial charge in [-0.25, -0.2) is 0 Å². The Balaban J connectivity index is 2.27. The van der Waals surface area contributed by atoms with Gasteiger partial charge in [0.1, 0.15) is 5.60 Å². The molecule has 1 heterocycles. The Bertz CT molecular complexity index is 309. The second-order valence-corrected chi connectivity index (χ2v) is 8.35. The summed E-state index contributed by atoms with van der Waals surface area (Å²) < 4.78 is 5.36. The first-order chi connectivity index (χ1) is 6.42. The summed E-state index contributed by atoms with van der Waals surface area (Å²) in [4.78, 5) is 9.91. The summed E-state index contributed by atoms with van der Waals surface area (Å²) in [5, 5.41) is 1.07. The highest BCUT2D eigenvalue weighted by Gasteiger charge is 2.41. The molecule has 1 aromatic rings. The molecular formula is C11H16O2Si. The minimum absolute atomic E-state index is 0.0559. The maximum Gasteiger partial charge on any atom is 0.213 e. The molecule has 14 heavy (non-hydrogen) atoms. The third-order valence-corrected chi connectivity index (χ3v) is 4.53. The molecule has 1 N–H and O–H groups in total. The molecule has 1 aromatic carbocycles. The topological polar surface area (TPSA) is 32.8 Å². The van der Waals surface area contributed by atoms with Crippen molar-refractivity contribution in [2.75, 3.05) is 6.61 Å². The van der Waals surface area contributed by atoms with Gasteiger partial charge in [-0.3, -0.25) is 0 Å². The summed E-state index contributed by atoms with van der Waals surface area (Å²) in [5.74, 6) is 0. The van der Waals surface area contributed by atoms with Crippen LogP contribution in [-0.2, 0) is 10.3 Å². The number of epoxide rings is 1. The molecule has 76 valence electrons. The fraction of sp³-hybridized carbons (Fsp3) is 0.455. The van der Waals surface area contributed by atoms with Crippen molar-refractivity contribution in [3.05, 3.63) is 29.8 Å². The Hall–Kier alpha value is -0.643. The summed E-state index contributed by atoms with van der Waals surface area (Å²) in [6, 6.07) is 8.17. The van der Waals surface area contributed by atoms with Crippen LogP contribution in [0.1, 0.15) is 12.5 Å². The first-order valence-corrected chi connectivity index (χ1v) is 7.84. The van der Waals surface area contributed by atoms with Gasteiger partial charge < -0.3 is 9.53 Å². The molecule has 1 saturated heterocycles. The maximum absolute atomic E-state index is 9.91. The Labute approximate surface area is 85.7 Å². The lowest BCUT2D eigenvalue weighted by atomic mass is 10.0. The zero-order valence-corrected chi connectivity index (χ0v) is 9.87. The number of hydrogen-bond acceptors (Lipinski definition) is 2. The largest absolute Gasteiger partial charge is 0.428 e. The number of ether oxygens (including phenoxy) is 1. The van der Waals surface area contributed by atoms with E-state index in [9.17, 15) is 4.80 Å². The molecule has 1 aliphatic rings. The first-order valence-electron chi connectivity index (χ1n) is 4.89. The minimum Gasteiger partial charge on any atom is -0.428 e. The molecule has 3 heteroatoms. The average Bonchev–Trinajstić information content (AvgIpc) is 2.84.